The van der Waals surface area contributed by atoms with Crippen molar-refractivity contribution in [3.8, 4) is 56.4 Å². The van der Waals surface area contributed by atoms with Crippen molar-refractivity contribution < 1.29 is 8.83 Å². The molecule has 62 heavy (non-hydrogen) atoms. The molecule has 0 spiro atoms. The van der Waals surface area contributed by atoms with Crippen molar-refractivity contribution in [1.29, 1.82) is 0 Å². The number of rotatable bonds is 5. The third-order valence-electron chi connectivity index (χ3n) is 12.4. The van der Waals surface area contributed by atoms with Crippen LogP contribution in [-0.2, 0) is 0 Å². The number of nitrogens with zero attached hydrogens (tertiary/aromatic N) is 3. The van der Waals surface area contributed by atoms with Gasteiger partial charge >= 0.3 is 0 Å². The first-order valence-corrected chi connectivity index (χ1v) is 20.8. The molecule has 0 aliphatic heterocycles. The Morgan fingerprint density at radius 2 is 0.790 bits per heavy atom. The van der Waals surface area contributed by atoms with Gasteiger partial charge < -0.3 is 8.83 Å². The van der Waals surface area contributed by atoms with Gasteiger partial charge in [0, 0.05) is 38.2 Å². The number of benzene rings is 10. The maximum absolute atomic E-state index is 6.31. The SMILES string of the molecule is c1ccc2c(-c3ccc(-c4nc(-c5ccc6c(ccc7oc8ccccc8c76)c5)nc(-c5ccc(-c6cccc7oc8ccccc8c67)c6ccccc56)n4)cc3)cccc2c1. The zero-order valence-electron chi connectivity index (χ0n) is 33.2. The number of hydrogen-bond acceptors (Lipinski definition) is 5. The lowest BCUT2D eigenvalue weighted by molar-refractivity contribution is 0.668. The molecule has 13 rings (SSSR count). The smallest absolute Gasteiger partial charge is 0.164 e. The molecule has 0 amide bonds. The standard InChI is InChI=1S/C57H33N3O2/c1-2-13-39-34(11-1)12-9-18-40(39)35-23-25-36(26-24-35)55-58-56(38-27-29-41-37(33-38)28-32-52-53(41)47-16-5-7-20-49(47)62-52)60-57(59-55)46-31-30-44(42-14-3-4-15-43(42)46)45-19-10-22-51-54(45)48-17-6-8-21-50(48)61-51/h1-33H. The van der Waals surface area contributed by atoms with Crippen molar-refractivity contribution in [2.45, 2.75) is 0 Å². The van der Waals surface area contributed by atoms with Gasteiger partial charge in [-0.2, -0.15) is 0 Å². The Kier molecular flexibility index (Phi) is 7.54. The van der Waals surface area contributed by atoms with E-state index in [4.69, 9.17) is 23.8 Å². The molecule has 0 radical (unpaired) electrons. The summed E-state index contributed by atoms with van der Waals surface area (Å²) >= 11 is 0. The quantitative estimate of drug-likeness (QED) is 0.174. The fraction of sp³-hybridized carbons (Fsp3) is 0. The maximum atomic E-state index is 6.31. The molecule has 0 N–H and O–H groups in total. The third-order valence-corrected chi connectivity index (χ3v) is 12.4. The van der Waals surface area contributed by atoms with E-state index in [1.165, 1.54) is 16.3 Å². The molecule has 13 aromatic rings. The average molecular weight is 792 g/mol. The van der Waals surface area contributed by atoms with Crippen molar-refractivity contribution >= 4 is 76.2 Å². The van der Waals surface area contributed by atoms with Crippen LogP contribution in [0.15, 0.2) is 209 Å². The van der Waals surface area contributed by atoms with Crippen LogP contribution in [0.3, 0.4) is 0 Å². The van der Waals surface area contributed by atoms with Gasteiger partial charge in [0.25, 0.3) is 0 Å². The van der Waals surface area contributed by atoms with Crippen LogP contribution in [0, 0.1) is 0 Å². The molecule has 10 aromatic carbocycles. The molecule has 288 valence electrons. The first-order valence-electron chi connectivity index (χ1n) is 20.8. The molecule has 0 bridgehead atoms. The fourth-order valence-corrected chi connectivity index (χ4v) is 9.45. The van der Waals surface area contributed by atoms with E-state index >= 15 is 0 Å². The maximum Gasteiger partial charge on any atom is 0.164 e. The summed E-state index contributed by atoms with van der Waals surface area (Å²) in [7, 11) is 0. The normalized spacial score (nSPS) is 11.9. The third kappa shape index (κ3) is 5.38. The first-order chi connectivity index (χ1) is 30.7. The van der Waals surface area contributed by atoms with Gasteiger partial charge in [0.05, 0.1) is 0 Å². The predicted octanol–water partition coefficient (Wildman–Crippen LogP) is 15.5. The topological polar surface area (TPSA) is 65.0 Å². The molecular weight excluding hydrogens is 759 g/mol. The monoisotopic (exact) mass is 791 g/mol. The van der Waals surface area contributed by atoms with Gasteiger partial charge in [-0.15, -0.1) is 0 Å². The van der Waals surface area contributed by atoms with Gasteiger partial charge in [-0.3, -0.25) is 0 Å². The van der Waals surface area contributed by atoms with Crippen molar-refractivity contribution in [2.24, 2.45) is 0 Å². The highest BCUT2D eigenvalue weighted by Gasteiger charge is 2.20. The van der Waals surface area contributed by atoms with Gasteiger partial charge in [-0.05, 0) is 91.0 Å². The van der Waals surface area contributed by atoms with Crippen molar-refractivity contribution in [2.75, 3.05) is 0 Å². The summed E-state index contributed by atoms with van der Waals surface area (Å²) in [6.07, 6.45) is 0. The van der Waals surface area contributed by atoms with E-state index in [-0.39, 0.29) is 0 Å². The molecule has 0 fully saturated rings. The minimum Gasteiger partial charge on any atom is -0.456 e. The molecule has 0 unspecified atom stereocenters. The largest absolute Gasteiger partial charge is 0.456 e. The van der Waals surface area contributed by atoms with E-state index in [0.717, 1.165) is 98.8 Å². The predicted molar refractivity (Wildman–Crippen MR) is 254 cm³/mol. The summed E-state index contributed by atoms with van der Waals surface area (Å²) < 4.78 is 12.5. The molecule has 0 atom stereocenters. The van der Waals surface area contributed by atoms with Crippen molar-refractivity contribution in [1.82, 2.24) is 15.0 Å². The molecular formula is C57H33N3O2. The Hall–Kier alpha value is -8.41. The highest BCUT2D eigenvalue weighted by molar-refractivity contribution is 6.19. The summed E-state index contributed by atoms with van der Waals surface area (Å²) in [4.78, 5) is 15.8. The average Bonchev–Trinajstić information content (AvgIpc) is 3.92. The van der Waals surface area contributed by atoms with Crippen LogP contribution in [0.5, 0.6) is 0 Å². The highest BCUT2D eigenvalue weighted by Crippen LogP contribution is 2.42. The van der Waals surface area contributed by atoms with Gasteiger partial charge in [0.2, 0.25) is 0 Å². The minimum absolute atomic E-state index is 0.602. The van der Waals surface area contributed by atoms with Crippen LogP contribution < -0.4 is 0 Å². The number of aromatic nitrogens is 3. The second-order valence-corrected chi connectivity index (χ2v) is 15.9. The Labute approximate surface area is 355 Å². The van der Waals surface area contributed by atoms with Gasteiger partial charge in [0.15, 0.2) is 17.5 Å². The lowest BCUT2D eigenvalue weighted by atomic mass is 9.92. The van der Waals surface area contributed by atoms with Crippen LogP contribution in [0.4, 0.5) is 0 Å². The van der Waals surface area contributed by atoms with E-state index in [1.54, 1.807) is 0 Å². The number of hydrogen-bond donors (Lipinski definition) is 0. The number of furan rings is 2. The summed E-state index contributed by atoms with van der Waals surface area (Å²) in [6.45, 7) is 0. The summed E-state index contributed by atoms with van der Waals surface area (Å²) in [5.41, 5.74) is 10.8. The fourth-order valence-electron chi connectivity index (χ4n) is 9.45. The van der Waals surface area contributed by atoms with E-state index in [1.807, 2.05) is 30.3 Å². The molecule has 0 saturated carbocycles. The lowest BCUT2D eigenvalue weighted by Gasteiger charge is -2.14. The summed E-state index contributed by atoms with van der Waals surface area (Å²) in [5.74, 6) is 1.81. The van der Waals surface area contributed by atoms with Crippen LogP contribution in [0.25, 0.3) is 133 Å². The lowest BCUT2D eigenvalue weighted by Crippen LogP contribution is -2.01. The van der Waals surface area contributed by atoms with E-state index < -0.39 is 0 Å². The molecule has 0 aliphatic carbocycles. The van der Waals surface area contributed by atoms with Gasteiger partial charge in [-0.25, -0.2) is 15.0 Å². The summed E-state index contributed by atoms with van der Waals surface area (Å²) in [6, 6.07) is 69.9. The summed E-state index contributed by atoms with van der Waals surface area (Å²) in [5, 5.41) is 11.2. The Morgan fingerprint density at radius 3 is 1.58 bits per heavy atom. The van der Waals surface area contributed by atoms with Crippen LogP contribution in [0.1, 0.15) is 0 Å². The molecule has 0 aliphatic rings. The van der Waals surface area contributed by atoms with Gasteiger partial charge in [-0.1, -0.05) is 164 Å². The number of fused-ring (bicyclic) bond motifs is 10. The zero-order chi connectivity index (χ0) is 40.7. The van der Waals surface area contributed by atoms with Crippen LogP contribution in [0.2, 0.25) is 0 Å². The van der Waals surface area contributed by atoms with E-state index in [0.29, 0.717) is 17.5 Å². The highest BCUT2D eigenvalue weighted by atomic mass is 16.3. The van der Waals surface area contributed by atoms with Crippen molar-refractivity contribution in [3.63, 3.8) is 0 Å². The Bertz CT molecular complexity index is 3930. The van der Waals surface area contributed by atoms with Gasteiger partial charge in [0.1, 0.15) is 22.3 Å². The van der Waals surface area contributed by atoms with Crippen molar-refractivity contribution in [3.05, 3.63) is 200 Å². The van der Waals surface area contributed by atoms with E-state index in [2.05, 4.69) is 170 Å². The molecule has 0 saturated heterocycles. The van der Waals surface area contributed by atoms with E-state index in [9.17, 15) is 0 Å². The second-order valence-electron chi connectivity index (χ2n) is 15.9. The Morgan fingerprint density at radius 1 is 0.258 bits per heavy atom. The van der Waals surface area contributed by atoms with Crippen LogP contribution >= 0.6 is 0 Å². The first kappa shape index (κ1) is 34.5. The second kappa shape index (κ2) is 13.6. The Balaban J connectivity index is 0.998. The van der Waals surface area contributed by atoms with Crippen LogP contribution in [-0.4, -0.2) is 15.0 Å². The number of para-hydroxylation sites is 2. The minimum atomic E-state index is 0.602. The molecule has 5 nitrogen and oxygen atoms in total. The molecule has 3 aromatic heterocycles. The molecule has 5 heteroatoms. The zero-order valence-corrected chi connectivity index (χ0v) is 33.2. The molecule has 3 heterocycles.